The number of anilines is 1. The van der Waals surface area contributed by atoms with Crippen molar-refractivity contribution < 1.29 is 14.2 Å². The SMILES string of the molecule is COc1cc(N2CCOCC2)c(OC)cc1CCCN. The molecule has 1 aromatic carbocycles. The van der Waals surface area contributed by atoms with Crippen LogP contribution in [0.25, 0.3) is 0 Å². The Morgan fingerprint density at radius 1 is 1.15 bits per heavy atom. The highest BCUT2D eigenvalue weighted by Gasteiger charge is 2.18. The number of nitrogens with zero attached hydrogens (tertiary/aromatic N) is 1. The predicted octanol–water partition coefficient (Wildman–Crippen LogP) is 1.43. The summed E-state index contributed by atoms with van der Waals surface area (Å²) in [5.41, 5.74) is 7.81. The summed E-state index contributed by atoms with van der Waals surface area (Å²) >= 11 is 0. The van der Waals surface area contributed by atoms with Gasteiger partial charge in [0.2, 0.25) is 0 Å². The number of ether oxygens (including phenoxy) is 3. The zero-order chi connectivity index (χ0) is 14.4. The third kappa shape index (κ3) is 3.35. The third-order valence-electron chi connectivity index (χ3n) is 3.58. The highest BCUT2D eigenvalue weighted by molar-refractivity contribution is 5.64. The molecule has 0 radical (unpaired) electrons. The van der Waals surface area contributed by atoms with Crippen molar-refractivity contribution in [1.29, 1.82) is 0 Å². The van der Waals surface area contributed by atoms with Gasteiger partial charge in [0.15, 0.2) is 0 Å². The van der Waals surface area contributed by atoms with Crippen molar-refractivity contribution in [3.63, 3.8) is 0 Å². The number of aryl methyl sites for hydroxylation is 1. The van der Waals surface area contributed by atoms with Gasteiger partial charge in [0.25, 0.3) is 0 Å². The average molecular weight is 280 g/mol. The minimum Gasteiger partial charge on any atom is -0.496 e. The lowest BCUT2D eigenvalue weighted by atomic mass is 10.1. The molecule has 1 aromatic rings. The van der Waals surface area contributed by atoms with Crippen molar-refractivity contribution >= 4 is 5.69 Å². The van der Waals surface area contributed by atoms with E-state index < -0.39 is 0 Å². The fraction of sp³-hybridized carbons (Fsp3) is 0.600. The van der Waals surface area contributed by atoms with Gasteiger partial charge in [-0.15, -0.1) is 0 Å². The molecule has 112 valence electrons. The first-order chi connectivity index (χ1) is 9.80. The van der Waals surface area contributed by atoms with Crippen LogP contribution in [0.15, 0.2) is 12.1 Å². The Bertz CT molecular complexity index is 431. The van der Waals surface area contributed by atoms with E-state index in [1.807, 2.05) is 0 Å². The molecule has 0 bridgehead atoms. The third-order valence-corrected chi connectivity index (χ3v) is 3.58. The first-order valence-corrected chi connectivity index (χ1v) is 7.07. The van der Waals surface area contributed by atoms with E-state index in [2.05, 4.69) is 17.0 Å². The van der Waals surface area contributed by atoms with Crippen molar-refractivity contribution in [1.82, 2.24) is 0 Å². The molecule has 0 saturated carbocycles. The molecule has 1 fully saturated rings. The Balaban J connectivity index is 2.30. The fourth-order valence-corrected chi connectivity index (χ4v) is 2.48. The number of hydrogen-bond donors (Lipinski definition) is 1. The van der Waals surface area contributed by atoms with Crippen LogP contribution in [0, 0.1) is 0 Å². The molecule has 0 spiro atoms. The Morgan fingerprint density at radius 2 is 1.85 bits per heavy atom. The topological polar surface area (TPSA) is 57.0 Å². The summed E-state index contributed by atoms with van der Waals surface area (Å²) in [6.07, 6.45) is 1.84. The monoisotopic (exact) mass is 280 g/mol. The molecular formula is C15H24N2O3. The van der Waals surface area contributed by atoms with E-state index in [9.17, 15) is 0 Å². The van der Waals surface area contributed by atoms with Crippen LogP contribution in [0.5, 0.6) is 11.5 Å². The Kier molecular flexibility index (Phi) is 5.49. The highest BCUT2D eigenvalue weighted by atomic mass is 16.5. The summed E-state index contributed by atoms with van der Waals surface area (Å²) in [5.74, 6) is 1.79. The Labute approximate surface area is 120 Å². The smallest absolute Gasteiger partial charge is 0.142 e. The van der Waals surface area contributed by atoms with Crippen LogP contribution in [0.3, 0.4) is 0 Å². The second-order valence-corrected chi connectivity index (χ2v) is 4.83. The molecule has 1 saturated heterocycles. The quantitative estimate of drug-likeness (QED) is 0.854. The van der Waals surface area contributed by atoms with Gasteiger partial charge in [-0.25, -0.2) is 0 Å². The van der Waals surface area contributed by atoms with Crippen molar-refractivity contribution in [2.45, 2.75) is 12.8 Å². The second kappa shape index (κ2) is 7.36. The molecular weight excluding hydrogens is 256 g/mol. The molecule has 0 aliphatic carbocycles. The van der Waals surface area contributed by atoms with Gasteiger partial charge < -0.3 is 24.8 Å². The summed E-state index contributed by atoms with van der Waals surface area (Å²) in [4.78, 5) is 2.28. The maximum Gasteiger partial charge on any atom is 0.142 e. The Morgan fingerprint density at radius 3 is 2.45 bits per heavy atom. The standard InChI is InChI=1S/C15H24N2O3/c1-18-14-11-13(17-6-8-20-9-7-17)15(19-2)10-12(14)4-3-5-16/h10-11H,3-9,16H2,1-2H3. The van der Waals surface area contributed by atoms with E-state index in [0.29, 0.717) is 6.54 Å². The maximum absolute atomic E-state index is 5.59. The number of morpholine rings is 1. The van der Waals surface area contributed by atoms with Gasteiger partial charge in [-0.2, -0.15) is 0 Å². The van der Waals surface area contributed by atoms with Gasteiger partial charge >= 0.3 is 0 Å². The number of hydrogen-bond acceptors (Lipinski definition) is 5. The molecule has 20 heavy (non-hydrogen) atoms. The molecule has 0 aromatic heterocycles. The normalized spacial score (nSPS) is 15.2. The summed E-state index contributed by atoms with van der Waals surface area (Å²) < 4.78 is 16.5. The fourth-order valence-electron chi connectivity index (χ4n) is 2.48. The molecule has 1 aliphatic rings. The van der Waals surface area contributed by atoms with Gasteiger partial charge in [-0.3, -0.25) is 0 Å². The number of rotatable bonds is 6. The summed E-state index contributed by atoms with van der Waals surface area (Å²) in [5, 5.41) is 0. The molecule has 2 N–H and O–H groups in total. The summed E-state index contributed by atoms with van der Waals surface area (Å²) in [6.45, 7) is 3.93. The Hall–Kier alpha value is -1.46. The molecule has 2 rings (SSSR count). The van der Waals surface area contributed by atoms with E-state index in [0.717, 1.165) is 61.9 Å². The minimum absolute atomic E-state index is 0.677. The first-order valence-electron chi connectivity index (χ1n) is 7.07. The van der Waals surface area contributed by atoms with Crippen LogP contribution in [0.4, 0.5) is 5.69 Å². The van der Waals surface area contributed by atoms with Crippen LogP contribution in [-0.4, -0.2) is 47.1 Å². The maximum atomic E-state index is 5.59. The summed E-state index contributed by atoms with van der Waals surface area (Å²) in [7, 11) is 3.41. The van der Waals surface area contributed by atoms with Gasteiger partial charge in [0.05, 0.1) is 33.1 Å². The van der Waals surface area contributed by atoms with Gasteiger partial charge in [-0.1, -0.05) is 0 Å². The number of methoxy groups -OCH3 is 2. The van der Waals surface area contributed by atoms with Crippen molar-refractivity contribution in [3.05, 3.63) is 17.7 Å². The first kappa shape index (κ1) is 14.9. The van der Waals surface area contributed by atoms with E-state index >= 15 is 0 Å². The number of nitrogens with two attached hydrogens (primary N) is 1. The zero-order valence-corrected chi connectivity index (χ0v) is 12.4. The molecule has 1 heterocycles. The molecule has 0 atom stereocenters. The lowest BCUT2D eigenvalue weighted by Gasteiger charge is -2.30. The van der Waals surface area contributed by atoms with E-state index in [4.69, 9.17) is 19.9 Å². The lowest BCUT2D eigenvalue weighted by Crippen LogP contribution is -2.36. The van der Waals surface area contributed by atoms with Crippen LogP contribution < -0.4 is 20.1 Å². The van der Waals surface area contributed by atoms with Gasteiger partial charge in [0, 0.05) is 19.2 Å². The summed E-state index contributed by atoms with van der Waals surface area (Å²) in [6, 6.07) is 4.13. The zero-order valence-electron chi connectivity index (χ0n) is 12.4. The highest BCUT2D eigenvalue weighted by Crippen LogP contribution is 2.36. The average Bonchev–Trinajstić information content (AvgIpc) is 2.52. The van der Waals surface area contributed by atoms with Crippen LogP contribution in [0.2, 0.25) is 0 Å². The van der Waals surface area contributed by atoms with Crippen molar-refractivity contribution in [3.8, 4) is 11.5 Å². The molecule has 5 heteroatoms. The minimum atomic E-state index is 0.677. The van der Waals surface area contributed by atoms with Crippen LogP contribution >= 0.6 is 0 Å². The van der Waals surface area contributed by atoms with Crippen molar-refractivity contribution in [2.75, 3.05) is 52.0 Å². The van der Waals surface area contributed by atoms with E-state index in [-0.39, 0.29) is 0 Å². The van der Waals surface area contributed by atoms with Gasteiger partial charge in [0.1, 0.15) is 11.5 Å². The molecule has 0 amide bonds. The van der Waals surface area contributed by atoms with Crippen LogP contribution in [-0.2, 0) is 11.2 Å². The van der Waals surface area contributed by atoms with Crippen LogP contribution in [0.1, 0.15) is 12.0 Å². The number of benzene rings is 1. The molecule has 1 aliphatic heterocycles. The van der Waals surface area contributed by atoms with Gasteiger partial charge in [-0.05, 0) is 31.0 Å². The van der Waals surface area contributed by atoms with E-state index in [1.54, 1.807) is 14.2 Å². The lowest BCUT2D eigenvalue weighted by molar-refractivity contribution is 0.122. The predicted molar refractivity (Wildman–Crippen MR) is 80.0 cm³/mol. The second-order valence-electron chi connectivity index (χ2n) is 4.83. The van der Waals surface area contributed by atoms with E-state index in [1.165, 1.54) is 0 Å². The van der Waals surface area contributed by atoms with Crippen molar-refractivity contribution in [2.24, 2.45) is 5.73 Å². The molecule has 5 nitrogen and oxygen atoms in total. The largest absolute Gasteiger partial charge is 0.496 e. The molecule has 0 unspecified atom stereocenters.